The standard InChI is InChI=1S/C13H11Cl2NO2/c14-10-2-1-3-11(8-10)17-6-7-18-12-4-5-13(15)16-9-12/h1-5,8-9H,6-7H2. The molecule has 3 nitrogen and oxygen atoms in total. The number of ether oxygens (including phenoxy) is 2. The van der Waals surface area contributed by atoms with E-state index in [1.165, 1.54) is 0 Å². The van der Waals surface area contributed by atoms with Gasteiger partial charge in [0.15, 0.2) is 0 Å². The van der Waals surface area contributed by atoms with Crippen LogP contribution < -0.4 is 9.47 Å². The van der Waals surface area contributed by atoms with Crippen molar-refractivity contribution in [1.82, 2.24) is 4.98 Å². The Morgan fingerprint density at radius 2 is 1.72 bits per heavy atom. The highest BCUT2D eigenvalue weighted by Gasteiger charge is 1.97. The van der Waals surface area contributed by atoms with Crippen LogP contribution in [-0.4, -0.2) is 18.2 Å². The molecular formula is C13H11Cl2NO2. The molecule has 0 amide bonds. The maximum absolute atomic E-state index is 5.84. The van der Waals surface area contributed by atoms with Crippen molar-refractivity contribution in [2.75, 3.05) is 13.2 Å². The lowest BCUT2D eigenvalue weighted by Gasteiger charge is -2.08. The Balaban J connectivity index is 1.74. The summed E-state index contributed by atoms with van der Waals surface area (Å²) in [6, 6.07) is 10.7. The molecule has 0 atom stereocenters. The highest BCUT2D eigenvalue weighted by Crippen LogP contribution is 2.17. The molecule has 0 aliphatic heterocycles. The fraction of sp³-hybridized carbons (Fsp3) is 0.154. The number of nitrogens with zero attached hydrogens (tertiary/aromatic N) is 1. The van der Waals surface area contributed by atoms with Crippen molar-refractivity contribution < 1.29 is 9.47 Å². The van der Waals surface area contributed by atoms with Crippen molar-refractivity contribution in [3.63, 3.8) is 0 Å². The van der Waals surface area contributed by atoms with E-state index in [-0.39, 0.29) is 0 Å². The Hall–Kier alpha value is -1.45. The van der Waals surface area contributed by atoms with Crippen molar-refractivity contribution in [2.24, 2.45) is 0 Å². The zero-order valence-electron chi connectivity index (χ0n) is 9.48. The Morgan fingerprint density at radius 3 is 2.39 bits per heavy atom. The predicted molar refractivity (Wildman–Crippen MR) is 71.7 cm³/mol. The van der Waals surface area contributed by atoms with Crippen LogP contribution in [0.4, 0.5) is 0 Å². The summed E-state index contributed by atoms with van der Waals surface area (Å²) in [5.74, 6) is 1.38. The van der Waals surface area contributed by atoms with E-state index in [0.717, 1.165) is 5.75 Å². The minimum atomic E-state index is 0.426. The first kappa shape index (κ1) is 13.0. The molecule has 2 rings (SSSR count). The van der Waals surface area contributed by atoms with Gasteiger partial charge in [0.25, 0.3) is 0 Å². The second-order valence-corrected chi connectivity index (χ2v) is 4.29. The van der Waals surface area contributed by atoms with E-state index in [9.17, 15) is 0 Å². The lowest BCUT2D eigenvalue weighted by molar-refractivity contribution is 0.216. The van der Waals surface area contributed by atoms with Crippen LogP contribution in [0.1, 0.15) is 0 Å². The fourth-order valence-corrected chi connectivity index (χ4v) is 1.62. The Kier molecular flexibility index (Phi) is 4.67. The normalized spacial score (nSPS) is 10.1. The number of hydrogen-bond acceptors (Lipinski definition) is 3. The summed E-state index contributed by atoms with van der Waals surface area (Å²) in [7, 11) is 0. The number of aromatic nitrogens is 1. The molecule has 0 unspecified atom stereocenters. The highest BCUT2D eigenvalue weighted by atomic mass is 35.5. The van der Waals surface area contributed by atoms with E-state index in [1.807, 2.05) is 12.1 Å². The lowest BCUT2D eigenvalue weighted by atomic mass is 10.3. The number of hydrogen-bond donors (Lipinski definition) is 0. The smallest absolute Gasteiger partial charge is 0.137 e. The van der Waals surface area contributed by atoms with Crippen LogP contribution in [0.25, 0.3) is 0 Å². The first-order valence-electron chi connectivity index (χ1n) is 5.37. The summed E-state index contributed by atoms with van der Waals surface area (Å²) in [6.45, 7) is 0.860. The molecule has 0 saturated heterocycles. The van der Waals surface area contributed by atoms with E-state index in [4.69, 9.17) is 32.7 Å². The second-order valence-electron chi connectivity index (χ2n) is 3.47. The first-order valence-corrected chi connectivity index (χ1v) is 6.12. The number of benzene rings is 1. The molecule has 1 aromatic heterocycles. The molecule has 0 aliphatic carbocycles. The van der Waals surface area contributed by atoms with Crippen molar-refractivity contribution in [3.05, 3.63) is 52.8 Å². The van der Waals surface area contributed by atoms with Gasteiger partial charge in [-0.2, -0.15) is 0 Å². The van der Waals surface area contributed by atoms with Gasteiger partial charge in [-0.1, -0.05) is 29.3 Å². The molecule has 1 aromatic carbocycles. The Labute approximate surface area is 115 Å². The molecule has 0 radical (unpaired) electrons. The molecule has 5 heteroatoms. The zero-order chi connectivity index (χ0) is 12.8. The summed E-state index contributed by atoms with van der Waals surface area (Å²) in [4.78, 5) is 3.91. The zero-order valence-corrected chi connectivity index (χ0v) is 11.0. The third-order valence-corrected chi connectivity index (χ3v) is 2.58. The molecule has 0 saturated carbocycles. The molecule has 0 bridgehead atoms. The largest absolute Gasteiger partial charge is 0.490 e. The highest BCUT2D eigenvalue weighted by molar-refractivity contribution is 6.30. The van der Waals surface area contributed by atoms with Crippen LogP contribution in [0, 0.1) is 0 Å². The second kappa shape index (κ2) is 6.47. The summed E-state index contributed by atoms with van der Waals surface area (Å²) in [5, 5.41) is 1.09. The summed E-state index contributed by atoms with van der Waals surface area (Å²) >= 11 is 11.5. The number of pyridine rings is 1. The monoisotopic (exact) mass is 283 g/mol. The summed E-state index contributed by atoms with van der Waals surface area (Å²) in [6.07, 6.45) is 1.57. The van der Waals surface area contributed by atoms with Gasteiger partial charge >= 0.3 is 0 Å². The van der Waals surface area contributed by atoms with E-state index in [2.05, 4.69) is 4.98 Å². The molecule has 0 N–H and O–H groups in total. The van der Waals surface area contributed by atoms with Gasteiger partial charge < -0.3 is 9.47 Å². The SMILES string of the molecule is Clc1cccc(OCCOc2ccc(Cl)nc2)c1. The van der Waals surface area contributed by atoms with E-state index >= 15 is 0 Å². The topological polar surface area (TPSA) is 31.4 Å². The van der Waals surface area contributed by atoms with Gasteiger partial charge in [-0.15, -0.1) is 0 Å². The molecule has 1 heterocycles. The van der Waals surface area contributed by atoms with E-state index in [0.29, 0.717) is 29.1 Å². The number of halogens is 2. The lowest BCUT2D eigenvalue weighted by Crippen LogP contribution is -2.09. The Bertz CT molecular complexity index is 503. The maximum atomic E-state index is 5.84. The van der Waals surface area contributed by atoms with Crippen LogP contribution in [-0.2, 0) is 0 Å². The van der Waals surface area contributed by atoms with Crippen molar-refractivity contribution in [3.8, 4) is 11.5 Å². The first-order chi connectivity index (χ1) is 8.74. The van der Waals surface area contributed by atoms with Gasteiger partial charge in [-0.25, -0.2) is 4.98 Å². The van der Waals surface area contributed by atoms with Crippen molar-refractivity contribution in [1.29, 1.82) is 0 Å². The molecule has 0 spiro atoms. The fourth-order valence-electron chi connectivity index (χ4n) is 1.32. The third kappa shape index (κ3) is 4.09. The van der Waals surface area contributed by atoms with Gasteiger partial charge in [0.05, 0.1) is 6.20 Å². The van der Waals surface area contributed by atoms with Gasteiger partial charge in [0.2, 0.25) is 0 Å². The average molecular weight is 284 g/mol. The Morgan fingerprint density at radius 1 is 0.944 bits per heavy atom. The minimum absolute atomic E-state index is 0.426. The van der Waals surface area contributed by atoms with Crippen molar-refractivity contribution >= 4 is 23.2 Å². The van der Waals surface area contributed by atoms with Gasteiger partial charge in [-0.05, 0) is 30.3 Å². The van der Waals surface area contributed by atoms with Gasteiger partial charge in [0.1, 0.15) is 29.9 Å². The van der Waals surface area contributed by atoms with Crippen LogP contribution in [0.5, 0.6) is 11.5 Å². The quantitative estimate of drug-likeness (QED) is 0.617. The summed E-state index contributed by atoms with van der Waals surface area (Å²) < 4.78 is 10.9. The molecule has 2 aromatic rings. The van der Waals surface area contributed by atoms with Crippen LogP contribution in [0.3, 0.4) is 0 Å². The predicted octanol–water partition coefficient (Wildman–Crippen LogP) is 3.85. The molecular weight excluding hydrogens is 273 g/mol. The van der Waals surface area contributed by atoms with Crippen LogP contribution in [0.15, 0.2) is 42.6 Å². The van der Waals surface area contributed by atoms with Crippen LogP contribution >= 0.6 is 23.2 Å². The van der Waals surface area contributed by atoms with Crippen LogP contribution in [0.2, 0.25) is 10.2 Å². The molecule has 0 aliphatic rings. The minimum Gasteiger partial charge on any atom is -0.490 e. The number of rotatable bonds is 5. The molecule has 18 heavy (non-hydrogen) atoms. The van der Waals surface area contributed by atoms with E-state index < -0.39 is 0 Å². The van der Waals surface area contributed by atoms with Gasteiger partial charge in [-0.3, -0.25) is 0 Å². The molecule has 94 valence electrons. The van der Waals surface area contributed by atoms with Crippen molar-refractivity contribution in [2.45, 2.75) is 0 Å². The average Bonchev–Trinajstić information content (AvgIpc) is 2.37. The maximum Gasteiger partial charge on any atom is 0.137 e. The third-order valence-electron chi connectivity index (χ3n) is 2.12. The summed E-state index contributed by atoms with van der Waals surface area (Å²) in [5.41, 5.74) is 0. The van der Waals surface area contributed by atoms with Gasteiger partial charge in [0, 0.05) is 5.02 Å². The molecule has 0 fully saturated rings. The van der Waals surface area contributed by atoms with E-state index in [1.54, 1.807) is 30.5 Å².